The maximum atomic E-state index is 12.3. The van der Waals surface area contributed by atoms with Crippen LogP contribution in [0.4, 0.5) is 13.2 Å². The number of thiazole rings is 1. The van der Waals surface area contributed by atoms with E-state index in [1.807, 2.05) is 0 Å². The molecule has 0 aliphatic heterocycles. The van der Waals surface area contributed by atoms with Gasteiger partial charge in [-0.2, -0.15) is 13.2 Å². The number of nitrogens with zero attached hydrogens (tertiary/aromatic N) is 2. The van der Waals surface area contributed by atoms with E-state index in [-0.39, 0.29) is 0 Å². The number of carbonyl (C=O) groups is 1. The van der Waals surface area contributed by atoms with Crippen molar-refractivity contribution >= 4 is 17.6 Å². The quantitative estimate of drug-likeness (QED) is 0.777. The largest absolute Gasteiger partial charge is 0.433 e. The summed E-state index contributed by atoms with van der Waals surface area (Å²) in [7, 11) is 0. The fourth-order valence-electron chi connectivity index (χ4n) is 1.16. The van der Waals surface area contributed by atoms with Gasteiger partial charge in [0.05, 0.1) is 4.88 Å². The summed E-state index contributed by atoms with van der Waals surface area (Å²) >= 11 is 1.10. The standard InChI is InChI=1S/C10H5F3N2OS/c11-10(12,13)8-2-1-6(3-14-8)9-15-4-7(5-16)17-9/h1-5H. The molecule has 0 aromatic carbocycles. The third kappa shape index (κ3) is 2.50. The minimum atomic E-state index is -4.45. The molecule has 7 heteroatoms. The molecule has 2 heterocycles. The predicted octanol–water partition coefficient (Wildman–Crippen LogP) is 3.04. The lowest BCUT2D eigenvalue weighted by Crippen LogP contribution is -2.07. The van der Waals surface area contributed by atoms with Gasteiger partial charge in [-0.1, -0.05) is 0 Å². The average Bonchev–Trinajstić information content (AvgIpc) is 2.76. The first kappa shape index (κ1) is 11.7. The summed E-state index contributed by atoms with van der Waals surface area (Å²) in [6.07, 6.45) is -1.35. The molecule has 0 amide bonds. The summed E-state index contributed by atoms with van der Waals surface area (Å²) in [5, 5.41) is 0.466. The van der Waals surface area contributed by atoms with Crippen LogP contribution < -0.4 is 0 Å². The molecule has 0 bridgehead atoms. The molecule has 0 unspecified atom stereocenters. The van der Waals surface area contributed by atoms with Crippen LogP contribution in [0.2, 0.25) is 0 Å². The zero-order valence-electron chi connectivity index (χ0n) is 8.23. The molecular weight excluding hydrogens is 253 g/mol. The number of aldehydes is 1. The highest BCUT2D eigenvalue weighted by atomic mass is 32.1. The van der Waals surface area contributed by atoms with E-state index < -0.39 is 11.9 Å². The first-order valence-corrected chi connectivity index (χ1v) is 5.27. The fourth-order valence-corrected chi connectivity index (χ4v) is 1.88. The Morgan fingerprint density at radius 2 is 1.94 bits per heavy atom. The Labute approximate surface area is 98.0 Å². The van der Waals surface area contributed by atoms with Crippen LogP contribution in [-0.4, -0.2) is 16.3 Å². The zero-order valence-corrected chi connectivity index (χ0v) is 9.05. The number of aromatic nitrogens is 2. The van der Waals surface area contributed by atoms with E-state index in [1.165, 1.54) is 12.3 Å². The zero-order chi connectivity index (χ0) is 12.5. The molecule has 3 nitrogen and oxygen atoms in total. The Kier molecular flexibility index (Phi) is 2.93. The van der Waals surface area contributed by atoms with Crippen molar-refractivity contribution in [3.05, 3.63) is 35.1 Å². The third-order valence-corrected chi connectivity index (χ3v) is 2.91. The van der Waals surface area contributed by atoms with Gasteiger partial charge in [0.1, 0.15) is 10.7 Å². The van der Waals surface area contributed by atoms with E-state index in [9.17, 15) is 18.0 Å². The summed E-state index contributed by atoms with van der Waals surface area (Å²) in [5.74, 6) is 0. The Hall–Kier alpha value is -1.76. The minimum Gasteiger partial charge on any atom is -0.297 e. The third-order valence-electron chi connectivity index (χ3n) is 1.94. The molecule has 2 rings (SSSR count). The van der Waals surface area contributed by atoms with E-state index >= 15 is 0 Å². The normalized spacial score (nSPS) is 11.5. The lowest BCUT2D eigenvalue weighted by atomic mass is 10.2. The smallest absolute Gasteiger partial charge is 0.297 e. The molecule has 0 atom stereocenters. The topological polar surface area (TPSA) is 42.9 Å². The van der Waals surface area contributed by atoms with Gasteiger partial charge < -0.3 is 0 Å². The highest BCUT2D eigenvalue weighted by molar-refractivity contribution is 7.16. The number of rotatable bonds is 2. The molecule has 2 aromatic heterocycles. The molecule has 0 spiro atoms. The van der Waals surface area contributed by atoms with Crippen molar-refractivity contribution in [3.8, 4) is 10.6 Å². The molecule has 0 saturated heterocycles. The van der Waals surface area contributed by atoms with E-state index in [0.717, 1.165) is 23.6 Å². The summed E-state index contributed by atoms with van der Waals surface area (Å²) < 4.78 is 36.8. The maximum Gasteiger partial charge on any atom is 0.433 e. The van der Waals surface area contributed by atoms with Crippen LogP contribution in [0, 0.1) is 0 Å². The van der Waals surface area contributed by atoms with Crippen molar-refractivity contribution in [2.24, 2.45) is 0 Å². The minimum absolute atomic E-state index is 0.417. The van der Waals surface area contributed by atoms with Crippen LogP contribution in [-0.2, 0) is 6.18 Å². The number of alkyl halides is 3. The maximum absolute atomic E-state index is 12.3. The fraction of sp³-hybridized carbons (Fsp3) is 0.100. The highest BCUT2D eigenvalue weighted by Crippen LogP contribution is 2.29. The molecule has 0 fully saturated rings. The van der Waals surface area contributed by atoms with Crippen LogP contribution in [0.1, 0.15) is 15.4 Å². The van der Waals surface area contributed by atoms with E-state index in [1.54, 1.807) is 0 Å². The van der Waals surface area contributed by atoms with Crippen molar-refractivity contribution in [2.75, 3.05) is 0 Å². The molecule has 0 aliphatic carbocycles. The van der Waals surface area contributed by atoms with Gasteiger partial charge in [-0.05, 0) is 12.1 Å². The first-order valence-electron chi connectivity index (χ1n) is 4.45. The second-order valence-corrected chi connectivity index (χ2v) is 4.18. The van der Waals surface area contributed by atoms with Crippen LogP contribution in [0.25, 0.3) is 10.6 Å². The molecule has 17 heavy (non-hydrogen) atoms. The van der Waals surface area contributed by atoms with Crippen molar-refractivity contribution in [3.63, 3.8) is 0 Å². The van der Waals surface area contributed by atoms with Gasteiger partial charge in [-0.15, -0.1) is 11.3 Å². The molecule has 88 valence electrons. The van der Waals surface area contributed by atoms with Crippen LogP contribution in [0.3, 0.4) is 0 Å². The van der Waals surface area contributed by atoms with Crippen molar-refractivity contribution in [1.82, 2.24) is 9.97 Å². The van der Waals surface area contributed by atoms with E-state index in [0.29, 0.717) is 21.7 Å². The van der Waals surface area contributed by atoms with Gasteiger partial charge in [0, 0.05) is 18.0 Å². The number of hydrogen-bond acceptors (Lipinski definition) is 4. The van der Waals surface area contributed by atoms with E-state index in [4.69, 9.17) is 0 Å². The summed E-state index contributed by atoms with van der Waals surface area (Å²) in [6, 6.07) is 2.17. The van der Waals surface area contributed by atoms with E-state index in [2.05, 4.69) is 9.97 Å². The van der Waals surface area contributed by atoms with Crippen LogP contribution >= 0.6 is 11.3 Å². The first-order chi connectivity index (χ1) is 8.00. The SMILES string of the molecule is O=Cc1cnc(-c2ccc(C(F)(F)F)nc2)s1. The Bertz CT molecular complexity index is 533. The number of pyridine rings is 1. The second-order valence-electron chi connectivity index (χ2n) is 3.12. The lowest BCUT2D eigenvalue weighted by molar-refractivity contribution is -0.141. The molecule has 0 N–H and O–H groups in total. The lowest BCUT2D eigenvalue weighted by Gasteiger charge is -2.04. The summed E-state index contributed by atoms with van der Waals surface area (Å²) in [4.78, 5) is 18.1. The molecular formula is C10H5F3N2OS. The highest BCUT2D eigenvalue weighted by Gasteiger charge is 2.32. The summed E-state index contributed by atoms with van der Waals surface area (Å²) in [6.45, 7) is 0. The molecule has 0 radical (unpaired) electrons. The monoisotopic (exact) mass is 258 g/mol. The van der Waals surface area contributed by atoms with Crippen molar-refractivity contribution in [2.45, 2.75) is 6.18 Å². The Morgan fingerprint density at radius 1 is 1.18 bits per heavy atom. The Balaban J connectivity index is 2.32. The van der Waals surface area contributed by atoms with Crippen molar-refractivity contribution in [1.29, 1.82) is 0 Å². The van der Waals surface area contributed by atoms with Crippen molar-refractivity contribution < 1.29 is 18.0 Å². The van der Waals surface area contributed by atoms with Crippen LogP contribution in [0.5, 0.6) is 0 Å². The molecule has 0 aliphatic rings. The molecule has 2 aromatic rings. The van der Waals surface area contributed by atoms with Gasteiger partial charge >= 0.3 is 6.18 Å². The average molecular weight is 258 g/mol. The number of hydrogen-bond donors (Lipinski definition) is 0. The summed E-state index contributed by atoms with van der Waals surface area (Å²) in [5.41, 5.74) is -0.496. The van der Waals surface area contributed by atoms with Gasteiger partial charge in [0.15, 0.2) is 6.29 Å². The van der Waals surface area contributed by atoms with Gasteiger partial charge in [-0.3, -0.25) is 9.78 Å². The predicted molar refractivity (Wildman–Crippen MR) is 55.7 cm³/mol. The second kappa shape index (κ2) is 4.25. The number of carbonyl (C=O) groups excluding carboxylic acids is 1. The number of halogens is 3. The van der Waals surface area contributed by atoms with Gasteiger partial charge in [0.2, 0.25) is 0 Å². The van der Waals surface area contributed by atoms with Gasteiger partial charge in [0.25, 0.3) is 0 Å². The Morgan fingerprint density at radius 3 is 2.41 bits per heavy atom. The van der Waals surface area contributed by atoms with Gasteiger partial charge in [-0.25, -0.2) is 4.98 Å². The molecule has 0 saturated carbocycles. The van der Waals surface area contributed by atoms with Crippen LogP contribution in [0.15, 0.2) is 24.5 Å².